The minimum Gasteiger partial charge on any atom is -0.337 e. The molecule has 1 amide bonds. The second-order valence-corrected chi connectivity index (χ2v) is 9.76. The molecule has 3 rings (SSSR count). The number of carbonyl (C=O) groups is 1. The number of anilines is 1. The fraction of sp³-hybridized carbons (Fsp3) is 0.240. The third-order valence-electron chi connectivity index (χ3n) is 5.23. The molecule has 3 aromatic carbocycles. The van der Waals surface area contributed by atoms with Gasteiger partial charge in [-0.25, -0.2) is 8.42 Å². The molecule has 0 heterocycles. The minimum absolute atomic E-state index is 0.0786. The average molecular weight is 437 g/mol. The van der Waals surface area contributed by atoms with Crippen molar-refractivity contribution in [1.29, 1.82) is 0 Å². The first-order valence-electron chi connectivity index (χ1n) is 10.1. The van der Waals surface area contributed by atoms with Crippen LogP contribution in [-0.4, -0.2) is 32.5 Å². The SMILES string of the molecule is Cc1cccc(C)c1N(Cc1ccc(C(=O)N(C)Cc2ccccc2)cc1)S(C)(=O)=O. The van der Waals surface area contributed by atoms with Crippen LogP contribution in [0.1, 0.15) is 32.6 Å². The van der Waals surface area contributed by atoms with Crippen molar-refractivity contribution in [2.75, 3.05) is 17.6 Å². The Bertz CT molecular complexity index is 1140. The normalized spacial score (nSPS) is 11.2. The van der Waals surface area contributed by atoms with E-state index in [1.54, 1.807) is 24.1 Å². The van der Waals surface area contributed by atoms with Crippen molar-refractivity contribution in [2.45, 2.75) is 26.9 Å². The van der Waals surface area contributed by atoms with Gasteiger partial charge in [-0.2, -0.15) is 0 Å². The van der Waals surface area contributed by atoms with Gasteiger partial charge in [0.05, 0.1) is 18.5 Å². The van der Waals surface area contributed by atoms with Crippen molar-refractivity contribution in [3.8, 4) is 0 Å². The molecule has 0 aliphatic heterocycles. The van der Waals surface area contributed by atoms with Crippen LogP contribution in [-0.2, 0) is 23.1 Å². The summed E-state index contributed by atoms with van der Waals surface area (Å²) in [5.41, 5.74) is 4.95. The van der Waals surface area contributed by atoms with Crippen molar-refractivity contribution in [1.82, 2.24) is 4.90 Å². The van der Waals surface area contributed by atoms with E-state index in [0.717, 1.165) is 22.3 Å². The van der Waals surface area contributed by atoms with Gasteiger partial charge in [-0.3, -0.25) is 9.10 Å². The van der Waals surface area contributed by atoms with Crippen LogP contribution >= 0.6 is 0 Å². The van der Waals surface area contributed by atoms with Gasteiger partial charge in [-0.15, -0.1) is 0 Å². The summed E-state index contributed by atoms with van der Waals surface area (Å²) >= 11 is 0. The molecule has 0 unspecified atom stereocenters. The summed E-state index contributed by atoms with van der Waals surface area (Å²) in [7, 11) is -1.70. The zero-order valence-electron chi connectivity index (χ0n) is 18.4. The van der Waals surface area contributed by atoms with Crippen LogP contribution in [0.2, 0.25) is 0 Å². The predicted molar refractivity (Wildman–Crippen MR) is 126 cm³/mol. The summed E-state index contributed by atoms with van der Waals surface area (Å²) in [6.45, 7) is 4.55. The number of nitrogens with zero attached hydrogens (tertiary/aromatic N) is 2. The van der Waals surface area contributed by atoms with E-state index in [-0.39, 0.29) is 12.5 Å². The largest absolute Gasteiger partial charge is 0.337 e. The number of benzene rings is 3. The number of carbonyl (C=O) groups excluding carboxylic acids is 1. The van der Waals surface area contributed by atoms with Gasteiger partial charge < -0.3 is 4.90 Å². The monoisotopic (exact) mass is 436 g/mol. The maximum absolute atomic E-state index is 12.8. The predicted octanol–water partition coefficient (Wildman–Crippen LogP) is 4.54. The molecule has 0 bridgehead atoms. The molecular formula is C25H28N2O3S. The first-order chi connectivity index (χ1) is 14.7. The van der Waals surface area contributed by atoms with Crippen LogP contribution in [0.25, 0.3) is 0 Å². The van der Waals surface area contributed by atoms with Crippen molar-refractivity contribution >= 4 is 21.6 Å². The summed E-state index contributed by atoms with van der Waals surface area (Å²) in [4.78, 5) is 14.4. The van der Waals surface area contributed by atoms with Crippen molar-refractivity contribution < 1.29 is 13.2 Å². The third kappa shape index (κ3) is 5.52. The molecule has 0 aromatic heterocycles. The van der Waals surface area contributed by atoms with Crippen LogP contribution in [0.3, 0.4) is 0 Å². The maximum Gasteiger partial charge on any atom is 0.253 e. The molecule has 31 heavy (non-hydrogen) atoms. The Morgan fingerprint density at radius 1 is 0.774 bits per heavy atom. The highest BCUT2D eigenvalue weighted by molar-refractivity contribution is 7.92. The molecule has 0 fully saturated rings. The first-order valence-corrected chi connectivity index (χ1v) is 11.9. The Hall–Kier alpha value is -3.12. The summed E-state index contributed by atoms with van der Waals surface area (Å²) < 4.78 is 26.5. The number of amides is 1. The van der Waals surface area contributed by atoms with E-state index in [0.29, 0.717) is 17.8 Å². The fourth-order valence-electron chi connectivity index (χ4n) is 3.63. The van der Waals surface area contributed by atoms with Crippen molar-refractivity contribution in [3.63, 3.8) is 0 Å². The minimum atomic E-state index is -3.48. The number of sulfonamides is 1. The maximum atomic E-state index is 12.8. The fourth-order valence-corrected chi connectivity index (χ4v) is 4.63. The van der Waals surface area contributed by atoms with E-state index in [1.165, 1.54) is 10.6 Å². The molecule has 0 radical (unpaired) electrons. The van der Waals surface area contributed by atoms with Gasteiger partial charge >= 0.3 is 0 Å². The van der Waals surface area contributed by atoms with Gasteiger partial charge in [0.1, 0.15) is 0 Å². The van der Waals surface area contributed by atoms with Crippen molar-refractivity contribution in [3.05, 3.63) is 101 Å². The second kappa shape index (κ2) is 9.35. The van der Waals surface area contributed by atoms with E-state index in [1.807, 2.05) is 74.5 Å². The lowest BCUT2D eigenvalue weighted by atomic mass is 10.1. The van der Waals surface area contributed by atoms with Gasteiger partial charge in [0, 0.05) is 19.2 Å². The van der Waals surface area contributed by atoms with Crippen molar-refractivity contribution in [2.24, 2.45) is 0 Å². The summed E-state index contributed by atoms with van der Waals surface area (Å²) in [6, 6.07) is 22.7. The lowest BCUT2D eigenvalue weighted by Gasteiger charge is -2.26. The Morgan fingerprint density at radius 3 is 1.87 bits per heavy atom. The van der Waals surface area contributed by atoms with Gasteiger partial charge in [-0.05, 0) is 48.2 Å². The van der Waals surface area contributed by atoms with E-state index >= 15 is 0 Å². The molecule has 0 N–H and O–H groups in total. The lowest BCUT2D eigenvalue weighted by Crippen LogP contribution is -2.30. The van der Waals surface area contributed by atoms with E-state index in [2.05, 4.69) is 0 Å². The Kier molecular flexibility index (Phi) is 6.81. The molecule has 5 nitrogen and oxygen atoms in total. The average Bonchev–Trinajstić information content (AvgIpc) is 2.73. The van der Waals surface area contributed by atoms with Gasteiger partial charge in [0.15, 0.2) is 0 Å². The standard InChI is InChI=1S/C25H28N2O3S/c1-19-9-8-10-20(2)24(19)27(31(4,29)30)18-22-13-15-23(16-14-22)25(28)26(3)17-21-11-6-5-7-12-21/h5-16H,17-18H2,1-4H3. The van der Waals surface area contributed by atoms with E-state index in [9.17, 15) is 13.2 Å². The Morgan fingerprint density at radius 2 is 1.32 bits per heavy atom. The number of hydrogen-bond acceptors (Lipinski definition) is 3. The van der Waals surface area contributed by atoms with Crippen LogP contribution in [0.5, 0.6) is 0 Å². The third-order valence-corrected chi connectivity index (χ3v) is 6.34. The molecule has 3 aromatic rings. The summed E-state index contributed by atoms with van der Waals surface area (Å²) in [5.74, 6) is -0.0786. The molecular weight excluding hydrogens is 408 g/mol. The molecule has 0 aliphatic carbocycles. The van der Waals surface area contributed by atoms with Crippen LogP contribution in [0.4, 0.5) is 5.69 Å². The smallest absolute Gasteiger partial charge is 0.253 e. The van der Waals surface area contributed by atoms with Crippen LogP contribution < -0.4 is 4.31 Å². The first kappa shape index (κ1) is 22.6. The van der Waals surface area contributed by atoms with Gasteiger partial charge in [-0.1, -0.05) is 60.7 Å². The topological polar surface area (TPSA) is 57.7 Å². The Labute approximate surface area is 185 Å². The molecule has 162 valence electrons. The quantitative estimate of drug-likeness (QED) is 0.546. The summed E-state index contributed by atoms with van der Waals surface area (Å²) in [6.07, 6.45) is 1.22. The Balaban J connectivity index is 1.79. The van der Waals surface area contributed by atoms with E-state index < -0.39 is 10.0 Å². The van der Waals surface area contributed by atoms with Crippen LogP contribution in [0.15, 0.2) is 72.8 Å². The molecule has 0 atom stereocenters. The molecule has 0 saturated heterocycles. The number of hydrogen-bond donors (Lipinski definition) is 0. The number of rotatable bonds is 7. The number of aryl methyl sites for hydroxylation is 2. The molecule has 0 aliphatic rings. The zero-order valence-corrected chi connectivity index (χ0v) is 19.2. The highest BCUT2D eigenvalue weighted by Gasteiger charge is 2.21. The summed E-state index contributed by atoms with van der Waals surface area (Å²) in [5, 5.41) is 0. The highest BCUT2D eigenvalue weighted by Crippen LogP contribution is 2.28. The highest BCUT2D eigenvalue weighted by atomic mass is 32.2. The lowest BCUT2D eigenvalue weighted by molar-refractivity contribution is 0.0785. The van der Waals surface area contributed by atoms with Gasteiger partial charge in [0.25, 0.3) is 5.91 Å². The zero-order chi connectivity index (χ0) is 22.6. The van der Waals surface area contributed by atoms with Gasteiger partial charge in [0.2, 0.25) is 10.0 Å². The molecule has 0 saturated carbocycles. The molecule has 0 spiro atoms. The van der Waals surface area contributed by atoms with E-state index in [4.69, 9.17) is 0 Å². The molecule has 6 heteroatoms. The van der Waals surface area contributed by atoms with Crippen LogP contribution in [0, 0.1) is 13.8 Å². The second-order valence-electron chi connectivity index (χ2n) is 7.85. The number of para-hydroxylation sites is 1.